The lowest BCUT2D eigenvalue weighted by Gasteiger charge is -2.61. The highest BCUT2D eigenvalue weighted by molar-refractivity contribution is 5.71. The average Bonchev–Trinajstić information content (AvgIpc) is 2.98. The number of carboxylic acid groups (broad SMARTS) is 1. The third kappa shape index (κ3) is 3.07. The van der Waals surface area contributed by atoms with Crippen molar-refractivity contribution in [2.75, 3.05) is 0 Å². The quantitative estimate of drug-likeness (QED) is 0.680. The highest BCUT2D eigenvalue weighted by Crippen LogP contribution is 2.68. The molecule has 4 fully saturated rings. The van der Waals surface area contributed by atoms with Crippen LogP contribution in [-0.4, -0.2) is 22.3 Å². The third-order valence-corrected chi connectivity index (χ3v) is 10.2. The van der Waals surface area contributed by atoms with Gasteiger partial charge in [-0.3, -0.25) is 0 Å². The van der Waals surface area contributed by atoms with Gasteiger partial charge in [-0.15, -0.1) is 0 Å². The molecule has 0 spiro atoms. The predicted octanol–water partition coefficient (Wildman–Crippen LogP) is 5.51. The highest BCUT2D eigenvalue weighted by Gasteiger charge is 2.60. The number of hydrogen-bond donors (Lipinski definition) is 2. The van der Waals surface area contributed by atoms with E-state index in [0.29, 0.717) is 29.1 Å². The summed E-state index contributed by atoms with van der Waals surface area (Å²) in [6.07, 6.45) is 13.2. The Morgan fingerprint density at radius 3 is 2.44 bits per heavy atom. The minimum absolute atomic E-state index is 0.296. The van der Waals surface area contributed by atoms with Crippen molar-refractivity contribution in [3.05, 3.63) is 0 Å². The molecule has 4 saturated carbocycles. The van der Waals surface area contributed by atoms with E-state index in [0.717, 1.165) is 23.7 Å². The van der Waals surface area contributed by atoms with E-state index in [1.165, 1.54) is 64.2 Å². The number of aliphatic hydroxyl groups excluding tert-OH is 1. The molecule has 0 radical (unpaired) electrons. The molecule has 0 saturated heterocycles. The predicted molar refractivity (Wildman–Crippen MR) is 107 cm³/mol. The molecular formula is C24H40O3. The first-order chi connectivity index (χ1) is 12.8. The molecule has 27 heavy (non-hydrogen) atoms. The van der Waals surface area contributed by atoms with E-state index in [1.54, 1.807) is 0 Å². The molecule has 4 aliphatic carbocycles. The maximum atomic E-state index is 11.1. The minimum Gasteiger partial charge on any atom is -0.479 e. The Morgan fingerprint density at radius 1 is 0.963 bits per heavy atom. The first kappa shape index (κ1) is 19.7. The van der Waals surface area contributed by atoms with Crippen LogP contribution in [0, 0.1) is 46.3 Å². The molecule has 0 aliphatic heterocycles. The van der Waals surface area contributed by atoms with Crippen LogP contribution in [0.15, 0.2) is 0 Å². The van der Waals surface area contributed by atoms with Crippen molar-refractivity contribution in [1.82, 2.24) is 0 Å². The van der Waals surface area contributed by atoms with Crippen molar-refractivity contribution in [3.63, 3.8) is 0 Å². The molecule has 0 aromatic carbocycles. The summed E-state index contributed by atoms with van der Waals surface area (Å²) in [5.41, 5.74) is 0.947. The summed E-state index contributed by atoms with van der Waals surface area (Å²) < 4.78 is 0. The number of carbonyl (C=O) groups is 1. The summed E-state index contributed by atoms with van der Waals surface area (Å²) in [7, 11) is 0. The Hall–Kier alpha value is -0.570. The number of hydrogen-bond acceptors (Lipinski definition) is 2. The highest BCUT2D eigenvalue weighted by atomic mass is 16.4. The lowest BCUT2D eigenvalue weighted by atomic mass is 9.44. The molecule has 4 aliphatic rings. The third-order valence-electron chi connectivity index (χ3n) is 10.2. The van der Waals surface area contributed by atoms with Gasteiger partial charge in [0.05, 0.1) is 0 Å². The fraction of sp³-hybridized carbons (Fsp3) is 0.958. The first-order valence-corrected chi connectivity index (χ1v) is 11.7. The van der Waals surface area contributed by atoms with Gasteiger partial charge in [0.1, 0.15) is 0 Å². The van der Waals surface area contributed by atoms with Gasteiger partial charge in [0.2, 0.25) is 0 Å². The molecule has 3 heteroatoms. The number of aliphatic hydroxyl groups is 1. The maximum absolute atomic E-state index is 11.1. The molecule has 0 aromatic rings. The number of carboxylic acids is 1. The Morgan fingerprint density at radius 2 is 1.70 bits per heavy atom. The standard InChI is InChI=1S/C24H40O3/c1-15(14-21(25)22(26)27)18-9-10-19-17-8-7-16-6-4-5-12-23(16,2)20(17)11-13-24(18,19)3/h15-21,25H,4-14H2,1-3H3,(H,26,27)/t15-,16-,17+,18-,19+,20+,21?,23+,24-/m1/s1. The Labute approximate surface area is 165 Å². The van der Waals surface area contributed by atoms with Gasteiger partial charge in [-0.1, -0.05) is 33.6 Å². The van der Waals surface area contributed by atoms with E-state index in [2.05, 4.69) is 20.8 Å². The topological polar surface area (TPSA) is 57.5 Å². The second-order valence-corrected chi connectivity index (χ2v) is 11.2. The lowest BCUT2D eigenvalue weighted by Crippen LogP contribution is -2.53. The largest absolute Gasteiger partial charge is 0.479 e. The second-order valence-electron chi connectivity index (χ2n) is 11.2. The van der Waals surface area contributed by atoms with Crippen LogP contribution in [0.4, 0.5) is 0 Å². The van der Waals surface area contributed by atoms with Crippen molar-refractivity contribution >= 4 is 5.97 Å². The number of aliphatic carboxylic acids is 1. The van der Waals surface area contributed by atoms with Crippen LogP contribution < -0.4 is 0 Å². The second kappa shape index (κ2) is 7.04. The summed E-state index contributed by atoms with van der Waals surface area (Å²) in [5, 5.41) is 19.0. The summed E-state index contributed by atoms with van der Waals surface area (Å²) >= 11 is 0. The molecule has 0 bridgehead atoms. The van der Waals surface area contributed by atoms with Gasteiger partial charge >= 0.3 is 5.97 Å². The van der Waals surface area contributed by atoms with E-state index >= 15 is 0 Å². The molecule has 154 valence electrons. The van der Waals surface area contributed by atoms with Crippen LogP contribution in [0.1, 0.15) is 91.4 Å². The van der Waals surface area contributed by atoms with Gasteiger partial charge in [0.15, 0.2) is 6.10 Å². The summed E-state index contributed by atoms with van der Waals surface area (Å²) in [6.45, 7) is 7.34. The summed E-state index contributed by atoms with van der Waals surface area (Å²) in [4.78, 5) is 11.1. The SMILES string of the molecule is C[C@H](CC(O)C(=O)O)[C@H]1CC[C@H]2[C@@H]3CC[C@H]4CCCC[C@]4(C)[C@H]3CC[C@]12C. The van der Waals surface area contributed by atoms with Crippen molar-refractivity contribution in [2.24, 2.45) is 46.3 Å². The van der Waals surface area contributed by atoms with Gasteiger partial charge in [-0.05, 0) is 104 Å². The molecule has 0 aromatic heterocycles. The van der Waals surface area contributed by atoms with E-state index in [4.69, 9.17) is 5.11 Å². The van der Waals surface area contributed by atoms with Gasteiger partial charge < -0.3 is 10.2 Å². The zero-order chi connectivity index (χ0) is 19.4. The minimum atomic E-state index is -1.20. The van der Waals surface area contributed by atoms with Gasteiger partial charge in [0.25, 0.3) is 0 Å². The molecule has 3 nitrogen and oxygen atoms in total. The van der Waals surface area contributed by atoms with Crippen molar-refractivity contribution in [3.8, 4) is 0 Å². The van der Waals surface area contributed by atoms with Crippen molar-refractivity contribution in [2.45, 2.75) is 97.5 Å². The average molecular weight is 377 g/mol. The smallest absolute Gasteiger partial charge is 0.332 e. The zero-order valence-corrected chi connectivity index (χ0v) is 17.6. The number of rotatable bonds is 4. The van der Waals surface area contributed by atoms with E-state index < -0.39 is 12.1 Å². The van der Waals surface area contributed by atoms with Crippen LogP contribution in [0.3, 0.4) is 0 Å². The Balaban J connectivity index is 1.52. The Bertz CT molecular complexity index is 574. The van der Waals surface area contributed by atoms with Crippen molar-refractivity contribution in [1.29, 1.82) is 0 Å². The van der Waals surface area contributed by atoms with E-state index in [1.807, 2.05) is 0 Å². The van der Waals surface area contributed by atoms with E-state index in [-0.39, 0.29) is 0 Å². The molecule has 1 unspecified atom stereocenters. The van der Waals surface area contributed by atoms with Crippen molar-refractivity contribution < 1.29 is 15.0 Å². The van der Waals surface area contributed by atoms with Crippen LogP contribution in [0.25, 0.3) is 0 Å². The summed E-state index contributed by atoms with van der Waals surface area (Å²) in [6, 6.07) is 0. The fourth-order valence-electron chi connectivity index (χ4n) is 8.89. The molecule has 2 N–H and O–H groups in total. The molecular weight excluding hydrogens is 336 g/mol. The monoisotopic (exact) mass is 376 g/mol. The van der Waals surface area contributed by atoms with Crippen LogP contribution in [0.5, 0.6) is 0 Å². The fourth-order valence-corrected chi connectivity index (χ4v) is 8.89. The van der Waals surface area contributed by atoms with Crippen LogP contribution in [0.2, 0.25) is 0 Å². The number of fused-ring (bicyclic) bond motifs is 5. The molecule has 0 heterocycles. The lowest BCUT2D eigenvalue weighted by molar-refractivity contribution is -0.148. The molecule has 4 rings (SSSR count). The first-order valence-electron chi connectivity index (χ1n) is 11.7. The van der Waals surface area contributed by atoms with Crippen LogP contribution >= 0.6 is 0 Å². The maximum Gasteiger partial charge on any atom is 0.332 e. The van der Waals surface area contributed by atoms with Gasteiger partial charge in [0, 0.05) is 0 Å². The molecule has 0 amide bonds. The van der Waals surface area contributed by atoms with Gasteiger partial charge in [-0.2, -0.15) is 0 Å². The normalized spacial score (nSPS) is 48.8. The molecule has 9 atom stereocenters. The van der Waals surface area contributed by atoms with E-state index in [9.17, 15) is 9.90 Å². The summed E-state index contributed by atoms with van der Waals surface area (Å²) in [5.74, 6) is 3.43. The zero-order valence-electron chi connectivity index (χ0n) is 17.6. The van der Waals surface area contributed by atoms with Gasteiger partial charge in [-0.25, -0.2) is 4.79 Å². The van der Waals surface area contributed by atoms with Crippen LogP contribution in [-0.2, 0) is 4.79 Å². The Kier molecular flexibility index (Phi) is 5.15.